The minimum atomic E-state index is -0.0303. The van der Waals surface area contributed by atoms with Crippen LogP contribution in [0.1, 0.15) is 0 Å². The molecule has 0 saturated carbocycles. The molecule has 2 aromatic heterocycles. The first-order valence-electron chi connectivity index (χ1n) is 12.2. The van der Waals surface area contributed by atoms with Crippen molar-refractivity contribution >= 4 is 91.6 Å². The summed E-state index contributed by atoms with van der Waals surface area (Å²) < 4.78 is 0. The highest BCUT2D eigenvalue weighted by molar-refractivity contribution is 7.99. The third kappa shape index (κ3) is 7.44. The molecule has 0 unspecified atom stereocenters. The van der Waals surface area contributed by atoms with Gasteiger partial charge in [0.15, 0.2) is 11.8 Å². The molecule has 0 aliphatic carbocycles. The summed E-state index contributed by atoms with van der Waals surface area (Å²) >= 11 is 21.8. The lowest BCUT2D eigenvalue weighted by Gasteiger charge is -2.07. The summed E-state index contributed by atoms with van der Waals surface area (Å²) in [6.45, 7) is 0. The van der Waals surface area contributed by atoms with Gasteiger partial charge in [-0.05, 0) is 48.5 Å². The van der Waals surface area contributed by atoms with Crippen LogP contribution in [0.5, 0.6) is 0 Å². The minimum absolute atomic E-state index is 0.0303. The minimum Gasteiger partial charge on any atom is -0.370 e. The first-order chi connectivity index (χ1) is 19.9. The molecule has 5 nitrogen and oxygen atoms in total. The zero-order chi connectivity index (χ0) is 28.8. The van der Waals surface area contributed by atoms with Crippen molar-refractivity contribution in [2.24, 2.45) is 16.5 Å². The van der Waals surface area contributed by atoms with Crippen molar-refractivity contribution < 1.29 is 0 Å². The molecule has 4 N–H and O–H groups in total. The fraction of sp³-hybridized carbons (Fsp3) is 0. The molecule has 2 heterocycles. The molecule has 6 aromatic rings. The van der Waals surface area contributed by atoms with Crippen LogP contribution in [0.15, 0.2) is 134 Å². The maximum absolute atomic E-state index is 6.20. The predicted octanol–water partition coefficient (Wildman–Crippen LogP) is 9.64. The van der Waals surface area contributed by atoms with Crippen molar-refractivity contribution in [1.29, 1.82) is 0 Å². The lowest BCUT2D eigenvalue weighted by Crippen LogP contribution is -2.22. The fourth-order valence-corrected chi connectivity index (χ4v) is 6.30. The predicted molar refractivity (Wildman–Crippen MR) is 175 cm³/mol. The first kappa shape index (κ1) is 29.0. The molecule has 4 aromatic carbocycles. The Morgan fingerprint density at radius 3 is 1.59 bits per heavy atom. The highest BCUT2D eigenvalue weighted by atomic mass is 35.5. The van der Waals surface area contributed by atoms with Gasteiger partial charge in [0.05, 0.1) is 10.0 Å². The second kappa shape index (κ2) is 13.5. The number of aliphatic imine (C=N–C) groups is 1. The molecule has 0 aliphatic rings. The van der Waals surface area contributed by atoms with E-state index < -0.39 is 0 Å². The van der Waals surface area contributed by atoms with Gasteiger partial charge in [-0.25, -0.2) is 9.97 Å². The molecule has 0 spiro atoms. The maximum atomic E-state index is 6.20. The first-order valence-corrected chi connectivity index (χ1v) is 15.0. The van der Waals surface area contributed by atoms with Crippen LogP contribution in [-0.2, 0) is 0 Å². The molecule has 0 saturated heterocycles. The summed E-state index contributed by atoms with van der Waals surface area (Å²) in [5.41, 5.74) is 10.9. The van der Waals surface area contributed by atoms with Gasteiger partial charge in [-0.2, -0.15) is 4.99 Å². The second-order valence-corrected chi connectivity index (χ2v) is 12.1. The Bertz CT molecular complexity index is 1850. The third-order valence-electron chi connectivity index (χ3n) is 5.74. The van der Waals surface area contributed by atoms with E-state index in [1.807, 2.05) is 72.8 Å². The fourth-order valence-electron chi connectivity index (χ4n) is 3.92. The van der Waals surface area contributed by atoms with Crippen molar-refractivity contribution in [3.05, 3.63) is 125 Å². The van der Waals surface area contributed by atoms with E-state index in [0.29, 0.717) is 21.0 Å². The summed E-state index contributed by atoms with van der Waals surface area (Å²) in [5.74, 6) is 0.437. The number of hydrogen-bond donors (Lipinski definition) is 2. The molecular formula is C31H22Cl3N5S2. The Balaban J connectivity index is 0.000000166. The number of nitrogens with zero attached hydrogens (tertiary/aromatic N) is 3. The van der Waals surface area contributed by atoms with Gasteiger partial charge in [-0.1, -0.05) is 107 Å². The van der Waals surface area contributed by atoms with Crippen LogP contribution in [0.4, 0.5) is 5.82 Å². The Kier molecular flexibility index (Phi) is 9.54. The number of rotatable bonds is 5. The molecule has 204 valence electrons. The van der Waals surface area contributed by atoms with E-state index in [2.05, 4.69) is 39.2 Å². The standard InChI is InChI=1S/C16H13ClN4S.C15H9Cl2NS/c17-14-9-20-15(21-16(18)19)13-8-11(6-7-12(13)14)22-10-4-2-1-3-5-10;16-14-9-18-15(17)13-8-11(6-7-12(13)14)19-10-4-2-1-3-5-10/h1-9H,(H4,18,19,20,21);1-9H. The third-order valence-corrected chi connectivity index (χ3v) is 8.64. The van der Waals surface area contributed by atoms with Gasteiger partial charge in [-0.15, -0.1) is 0 Å². The summed E-state index contributed by atoms with van der Waals surface area (Å²) in [4.78, 5) is 16.9. The van der Waals surface area contributed by atoms with Gasteiger partial charge in [0.1, 0.15) is 5.15 Å². The van der Waals surface area contributed by atoms with Gasteiger partial charge in [-0.3, -0.25) is 0 Å². The maximum Gasteiger partial charge on any atom is 0.192 e. The van der Waals surface area contributed by atoms with Crippen molar-refractivity contribution in [3.63, 3.8) is 0 Å². The SMILES string of the molecule is Clc1cnc(Cl)c2cc(Sc3ccccc3)ccc12.NC(N)=Nc1ncc(Cl)c2ccc(Sc3ccccc3)cc12. The molecule has 6 rings (SSSR count). The van der Waals surface area contributed by atoms with E-state index in [0.717, 1.165) is 36.2 Å². The van der Waals surface area contributed by atoms with Crippen LogP contribution in [0.3, 0.4) is 0 Å². The van der Waals surface area contributed by atoms with Gasteiger partial charge >= 0.3 is 0 Å². The number of benzene rings is 4. The van der Waals surface area contributed by atoms with E-state index in [1.54, 1.807) is 35.9 Å². The summed E-state index contributed by atoms with van der Waals surface area (Å²) in [6, 6.07) is 32.3. The second-order valence-electron chi connectivity index (χ2n) is 8.61. The van der Waals surface area contributed by atoms with E-state index in [4.69, 9.17) is 46.3 Å². The van der Waals surface area contributed by atoms with Gasteiger partial charge in [0.2, 0.25) is 0 Å². The van der Waals surface area contributed by atoms with E-state index in [1.165, 1.54) is 4.90 Å². The van der Waals surface area contributed by atoms with Crippen molar-refractivity contribution in [2.75, 3.05) is 0 Å². The van der Waals surface area contributed by atoms with Crippen molar-refractivity contribution in [3.8, 4) is 0 Å². The van der Waals surface area contributed by atoms with E-state index >= 15 is 0 Å². The molecule has 0 fully saturated rings. The molecule has 10 heteroatoms. The number of pyridine rings is 2. The Morgan fingerprint density at radius 1 is 0.561 bits per heavy atom. The molecule has 0 atom stereocenters. The summed E-state index contributed by atoms with van der Waals surface area (Å²) in [5, 5.41) is 5.18. The van der Waals surface area contributed by atoms with Crippen LogP contribution in [0.25, 0.3) is 21.5 Å². The van der Waals surface area contributed by atoms with Gasteiger partial charge in [0.25, 0.3) is 0 Å². The molecular weight excluding hydrogens is 613 g/mol. The number of nitrogens with two attached hydrogens (primary N) is 2. The lowest BCUT2D eigenvalue weighted by atomic mass is 10.1. The zero-order valence-electron chi connectivity index (χ0n) is 21.3. The van der Waals surface area contributed by atoms with E-state index in [9.17, 15) is 0 Å². The normalized spacial score (nSPS) is 10.7. The van der Waals surface area contributed by atoms with Gasteiger partial charge in [0, 0.05) is 53.5 Å². The summed E-state index contributed by atoms with van der Waals surface area (Å²) in [7, 11) is 0. The molecule has 0 aliphatic heterocycles. The topological polar surface area (TPSA) is 90.2 Å². The Morgan fingerprint density at radius 2 is 1.05 bits per heavy atom. The average molecular weight is 635 g/mol. The molecule has 0 radical (unpaired) electrons. The molecule has 0 bridgehead atoms. The lowest BCUT2D eigenvalue weighted by molar-refractivity contribution is 1.28. The Labute approximate surface area is 261 Å². The van der Waals surface area contributed by atoms with E-state index in [-0.39, 0.29) is 5.96 Å². The number of halogens is 3. The van der Waals surface area contributed by atoms with Crippen LogP contribution >= 0.6 is 58.3 Å². The van der Waals surface area contributed by atoms with Crippen molar-refractivity contribution in [1.82, 2.24) is 9.97 Å². The highest BCUT2D eigenvalue weighted by Crippen LogP contribution is 2.36. The van der Waals surface area contributed by atoms with Crippen LogP contribution < -0.4 is 11.5 Å². The number of fused-ring (bicyclic) bond motifs is 2. The molecule has 0 amide bonds. The van der Waals surface area contributed by atoms with Gasteiger partial charge < -0.3 is 11.5 Å². The van der Waals surface area contributed by atoms with Crippen LogP contribution in [0.2, 0.25) is 15.2 Å². The smallest absolute Gasteiger partial charge is 0.192 e. The number of aromatic nitrogens is 2. The average Bonchev–Trinajstić information content (AvgIpc) is 2.98. The largest absolute Gasteiger partial charge is 0.370 e. The number of guanidine groups is 1. The highest BCUT2D eigenvalue weighted by Gasteiger charge is 2.09. The Hall–Kier alpha value is -3.46. The summed E-state index contributed by atoms with van der Waals surface area (Å²) in [6.07, 6.45) is 3.13. The number of hydrogen-bond acceptors (Lipinski definition) is 5. The monoisotopic (exact) mass is 633 g/mol. The quantitative estimate of drug-likeness (QED) is 0.111. The van der Waals surface area contributed by atoms with Crippen LogP contribution in [-0.4, -0.2) is 15.9 Å². The van der Waals surface area contributed by atoms with Crippen LogP contribution in [0, 0.1) is 0 Å². The van der Waals surface area contributed by atoms with Crippen molar-refractivity contribution in [2.45, 2.75) is 19.6 Å². The molecule has 41 heavy (non-hydrogen) atoms. The zero-order valence-corrected chi connectivity index (χ0v) is 25.2.